The van der Waals surface area contributed by atoms with Crippen LogP contribution >= 0.6 is 0 Å². The van der Waals surface area contributed by atoms with Gasteiger partial charge in [0, 0.05) is 37.1 Å². The summed E-state index contributed by atoms with van der Waals surface area (Å²) in [5, 5.41) is 4.37. The standard InChI is InChI=1S/C23H33N3O2/c1-3-26(17(2)22-16-18-8-4-7-11-21(18)28-22)23(27)24-19-12-14-25(15-13-19)20-9-5-6-10-20/h4,7-8,11,16-17,19-20H,3,5-6,9-10,12-15H2,1-2H3,(H,24,27). The molecule has 1 aromatic carbocycles. The summed E-state index contributed by atoms with van der Waals surface area (Å²) in [6, 6.07) is 11.1. The first-order valence-corrected chi connectivity index (χ1v) is 11.0. The van der Waals surface area contributed by atoms with E-state index in [-0.39, 0.29) is 18.1 Å². The van der Waals surface area contributed by atoms with Gasteiger partial charge in [-0.1, -0.05) is 31.0 Å². The second-order valence-corrected chi connectivity index (χ2v) is 8.35. The van der Waals surface area contributed by atoms with Crippen LogP contribution in [0.3, 0.4) is 0 Å². The number of urea groups is 1. The zero-order valence-electron chi connectivity index (χ0n) is 17.2. The third-order valence-corrected chi connectivity index (χ3v) is 6.62. The predicted octanol–water partition coefficient (Wildman–Crippen LogP) is 4.93. The van der Waals surface area contributed by atoms with Gasteiger partial charge in [-0.05, 0) is 51.7 Å². The summed E-state index contributed by atoms with van der Waals surface area (Å²) in [6.07, 6.45) is 7.59. The average molecular weight is 384 g/mol. The number of likely N-dealkylation sites (tertiary alicyclic amines) is 1. The zero-order valence-corrected chi connectivity index (χ0v) is 17.2. The molecule has 1 aliphatic heterocycles. The maximum absolute atomic E-state index is 13.0. The van der Waals surface area contributed by atoms with Crippen molar-refractivity contribution in [3.8, 4) is 0 Å². The fourth-order valence-electron chi connectivity index (χ4n) is 4.89. The zero-order chi connectivity index (χ0) is 19.5. The van der Waals surface area contributed by atoms with Gasteiger partial charge in [-0.3, -0.25) is 0 Å². The van der Waals surface area contributed by atoms with Crippen LogP contribution in [0.1, 0.15) is 64.2 Å². The van der Waals surface area contributed by atoms with Crippen molar-refractivity contribution < 1.29 is 9.21 Å². The van der Waals surface area contributed by atoms with Crippen molar-refractivity contribution >= 4 is 17.0 Å². The van der Waals surface area contributed by atoms with Gasteiger partial charge in [0.15, 0.2) is 0 Å². The van der Waals surface area contributed by atoms with Crippen LogP contribution in [0.2, 0.25) is 0 Å². The SMILES string of the molecule is CCN(C(=O)NC1CCN(C2CCCC2)CC1)C(C)c1cc2ccccc2o1. The van der Waals surface area contributed by atoms with Crippen LogP contribution in [0.25, 0.3) is 11.0 Å². The quantitative estimate of drug-likeness (QED) is 0.796. The highest BCUT2D eigenvalue weighted by Gasteiger charge is 2.29. The minimum Gasteiger partial charge on any atom is -0.459 e. The van der Waals surface area contributed by atoms with Crippen LogP contribution in [0, 0.1) is 0 Å². The van der Waals surface area contributed by atoms with Gasteiger partial charge in [-0.25, -0.2) is 4.79 Å². The van der Waals surface area contributed by atoms with E-state index in [0.29, 0.717) is 6.54 Å². The molecule has 28 heavy (non-hydrogen) atoms. The van der Waals surface area contributed by atoms with E-state index in [1.807, 2.05) is 43.0 Å². The summed E-state index contributed by atoms with van der Waals surface area (Å²) >= 11 is 0. The second-order valence-electron chi connectivity index (χ2n) is 8.35. The van der Waals surface area contributed by atoms with Crippen LogP contribution in [-0.2, 0) is 0 Å². The molecule has 4 rings (SSSR count). The van der Waals surface area contributed by atoms with Gasteiger partial charge in [-0.2, -0.15) is 0 Å². The highest BCUT2D eigenvalue weighted by Crippen LogP contribution is 2.28. The van der Waals surface area contributed by atoms with Crippen molar-refractivity contribution in [3.05, 3.63) is 36.1 Å². The largest absolute Gasteiger partial charge is 0.459 e. The molecule has 0 bridgehead atoms. The number of piperidine rings is 1. The Kier molecular flexibility index (Phi) is 5.90. The first-order chi connectivity index (χ1) is 13.7. The number of carbonyl (C=O) groups excluding carboxylic acids is 1. The Morgan fingerprint density at radius 2 is 1.93 bits per heavy atom. The number of furan rings is 1. The van der Waals surface area contributed by atoms with Gasteiger partial charge < -0.3 is 19.5 Å². The number of fused-ring (bicyclic) bond motifs is 1. The third kappa shape index (κ3) is 4.04. The highest BCUT2D eigenvalue weighted by atomic mass is 16.3. The minimum atomic E-state index is -0.0871. The van der Waals surface area contributed by atoms with Crippen LogP contribution in [-0.4, -0.2) is 47.5 Å². The number of hydrogen-bond acceptors (Lipinski definition) is 3. The Balaban J connectivity index is 1.34. The topological polar surface area (TPSA) is 48.7 Å². The van der Waals surface area contributed by atoms with Crippen molar-refractivity contribution in [2.45, 2.75) is 70.5 Å². The first-order valence-electron chi connectivity index (χ1n) is 11.0. The van der Waals surface area contributed by atoms with Crippen LogP contribution in [0.5, 0.6) is 0 Å². The molecule has 2 fully saturated rings. The summed E-state index contributed by atoms with van der Waals surface area (Å²) in [5.41, 5.74) is 0.875. The molecule has 2 heterocycles. The molecule has 1 unspecified atom stereocenters. The number of benzene rings is 1. The monoisotopic (exact) mass is 383 g/mol. The normalized spacial score (nSPS) is 20.5. The first kappa shape index (κ1) is 19.3. The lowest BCUT2D eigenvalue weighted by molar-refractivity contribution is 0.135. The number of nitrogens with zero attached hydrogens (tertiary/aromatic N) is 2. The number of rotatable bonds is 5. The highest BCUT2D eigenvalue weighted by molar-refractivity contribution is 5.78. The predicted molar refractivity (Wildman–Crippen MR) is 112 cm³/mol. The Morgan fingerprint density at radius 1 is 1.21 bits per heavy atom. The Labute approximate surface area is 168 Å². The van der Waals surface area contributed by atoms with Crippen molar-refractivity contribution in [3.63, 3.8) is 0 Å². The molecule has 2 aliphatic rings. The van der Waals surface area contributed by atoms with Crippen molar-refractivity contribution in [2.24, 2.45) is 0 Å². The molecule has 1 atom stereocenters. The number of amides is 2. The summed E-state index contributed by atoms with van der Waals surface area (Å²) in [5.74, 6) is 0.842. The average Bonchev–Trinajstić information content (AvgIpc) is 3.39. The lowest BCUT2D eigenvalue weighted by Crippen LogP contribution is -2.51. The van der Waals surface area contributed by atoms with E-state index >= 15 is 0 Å². The molecule has 1 aromatic heterocycles. The molecule has 2 aromatic rings. The molecule has 1 aliphatic carbocycles. The maximum atomic E-state index is 13.0. The molecule has 5 heteroatoms. The van der Waals surface area contributed by atoms with E-state index in [0.717, 1.165) is 48.7 Å². The van der Waals surface area contributed by atoms with Gasteiger partial charge in [0.2, 0.25) is 0 Å². The van der Waals surface area contributed by atoms with E-state index in [2.05, 4.69) is 16.3 Å². The Morgan fingerprint density at radius 3 is 2.61 bits per heavy atom. The molecule has 5 nitrogen and oxygen atoms in total. The van der Waals surface area contributed by atoms with E-state index < -0.39 is 0 Å². The second kappa shape index (κ2) is 8.56. The van der Waals surface area contributed by atoms with Crippen molar-refractivity contribution in [1.82, 2.24) is 15.1 Å². The van der Waals surface area contributed by atoms with Crippen molar-refractivity contribution in [2.75, 3.05) is 19.6 Å². The number of nitrogens with one attached hydrogen (secondary N) is 1. The molecule has 0 radical (unpaired) electrons. The molecular weight excluding hydrogens is 350 g/mol. The van der Waals surface area contributed by atoms with Gasteiger partial charge >= 0.3 is 6.03 Å². The molecule has 2 amide bonds. The Hall–Kier alpha value is -2.01. The summed E-state index contributed by atoms with van der Waals surface area (Å²) < 4.78 is 6.00. The summed E-state index contributed by atoms with van der Waals surface area (Å²) in [7, 11) is 0. The summed E-state index contributed by atoms with van der Waals surface area (Å²) in [4.78, 5) is 17.5. The number of hydrogen-bond donors (Lipinski definition) is 1. The van der Waals surface area contributed by atoms with E-state index in [1.54, 1.807) is 0 Å². The molecule has 152 valence electrons. The fourth-order valence-corrected chi connectivity index (χ4v) is 4.89. The molecule has 1 saturated heterocycles. The van der Waals surface area contributed by atoms with E-state index in [1.165, 1.54) is 25.7 Å². The van der Waals surface area contributed by atoms with E-state index in [4.69, 9.17) is 4.42 Å². The smallest absolute Gasteiger partial charge is 0.318 e. The third-order valence-electron chi connectivity index (χ3n) is 6.62. The summed E-state index contributed by atoms with van der Waals surface area (Å²) in [6.45, 7) is 6.96. The molecule has 1 N–H and O–H groups in total. The lowest BCUT2D eigenvalue weighted by atomic mass is 10.0. The number of para-hydroxylation sites is 1. The van der Waals surface area contributed by atoms with E-state index in [9.17, 15) is 4.79 Å². The van der Waals surface area contributed by atoms with Crippen molar-refractivity contribution in [1.29, 1.82) is 0 Å². The number of carbonyl (C=O) groups is 1. The molecule has 1 saturated carbocycles. The maximum Gasteiger partial charge on any atom is 0.318 e. The van der Waals surface area contributed by atoms with Crippen LogP contribution in [0.4, 0.5) is 4.79 Å². The molecule has 0 spiro atoms. The Bertz CT molecular complexity index is 755. The minimum absolute atomic E-state index is 0.0229. The van der Waals surface area contributed by atoms with Gasteiger partial charge in [0.25, 0.3) is 0 Å². The van der Waals surface area contributed by atoms with Gasteiger partial charge in [0.1, 0.15) is 11.3 Å². The van der Waals surface area contributed by atoms with Gasteiger partial charge in [-0.15, -0.1) is 0 Å². The van der Waals surface area contributed by atoms with Crippen LogP contribution < -0.4 is 5.32 Å². The fraction of sp³-hybridized carbons (Fsp3) is 0.609. The van der Waals surface area contributed by atoms with Crippen LogP contribution in [0.15, 0.2) is 34.7 Å². The molecular formula is C23H33N3O2. The van der Waals surface area contributed by atoms with Gasteiger partial charge in [0.05, 0.1) is 6.04 Å². The lowest BCUT2D eigenvalue weighted by Gasteiger charge is -2.37.